The first kappa shape index (κ1) is 36.6. The number of thioether (sulfide) groups is 1. The molecule has 0 spiro atoms. The average Bonchev–Trinajstić information content (AvgIpc) is 2.96. The Labute approximate surface area is 260 Å². The quantitative estimate of drug-likeness (QED) is 0.178. The third-order valence-electron chi connectivity index (χ3n) is 6.89. The van der Waals surface area contributed by atoms with E-state index in [1.807, 2.05) is 20.1 Å². The fourth-order valence-corrected chi connectivity index (χ4v) is 5.35. The van der Waals surface area contributed by atoms with Gasteiger partial charge in [-0.25, -0.2) is 8.78 Å². The van der Waals surface area contributed by atoms with E-state index in [1.54, 1.807) is 4.90 Å². The number of aliphatic hydroxyl groups is 2. The van der Waals surface area contributed by atoms with Crippen molar-refractivity contribution in [3.05, 3.63) is 70.3 Å². The predicted molar refractivity (Wildman–Crippen MR) is 165 cm³/mol. The second kappa shape index (κ2) is 17.7. The number of benzene rings is 2. The second-order valence-electron chi connectivity index (χ2n) is 10.6. The standard InChI is InChI=1S/C31H42F2N4O6S/c1-5-8-37(9-6-2)31(43)22-15-20(29(34)41)14-21(16-22)30(42)36-26(13-19-11-23(32)17-24(33)12-19)28(40)27(39)25(7-10-44-4)35-18(3)38/h11-12,14-17,25-28,39-40H,5-10,13H2,1-4H3,(H2,34,41)(H,35,38)(H,36,42). The molecule has 0 aliphatic carbocycles. The lowest BCUT2D eigenvalue weighted by Gasteiger charge is -2.33. The van der Waals surface area contributed by atoms with Gasteiger partial charge in [0.1, 0.15) is 23.8 Å². The SMILES string of the molecule is CCCN(CCC)C(=O)c1cc(C(N)=O)cc(C(=O)NC(Cc2cc(F)cc(F)c2)C(O)C(O)C(CCSC)NC(C)=O)c1. The zero-order valence-electron chi connectivity index (χ0n) is 25.4. The molecule has 0 radical (unpaired) electrons. The monoisotopic (exact) mass is 636 g/mol. The van der Waals surface area contributed by atoms with Crippen LogP contribution in [-0.4, -0.2) is 88.1 Å². The van der Waals surface area contributed by atoms with Crippen molar-refractivity contribution in [2.75, 3.05) is 25.1 Å². The Hall–Kier alpha value is -3.55. The van der Waals surface area contributed by atoms with E-state index in [4.69, 9.17) is 5.73 Å². The van der Waals surface area contributed by atoms with Crippen LogP contribution < -0.4 is 16.4 Å². The third kappa shape index (κ3) is 10.9. The number of halogens is 2. The second-order valence-corrected chi connectivity index (χ2v) is 11.6. The Kier molecular flexibility index (Phi) is 14.7. The number of nitrogens with one attached hydrogen (secondary N) is 2. The van der Waals surface area contributed by atoms with Gasteiger partial charge in [0.15, 0.2) is 0 Å². The molecule has 0 fully saturated rings. The smallest absolute Gasteiger partial charge is 0.253 e. The highest BCUT2D eigenvalue weighted by Crippen LogP contribution is 2.19. The van der Waals surface area contributed by atoms with Crippen molar-refractivity contribution in [2.24, 2.45) is 5.73 Å². The molecular formula is C31H42F2N4O6S. The molecule has 0 aliphatic rings. The van der Waals surface area contributed by atoms with Gasteiger partial charge in [-0.2, -0.15) is 11.8 Å². The van der Waals surface area contributed by atoms with Gasteiger partial charge in [0.2, 0.25) is 11.8 Å². The molecule has 0 aliphatic heterocycles. The molecule has 13 heteroatoms. The summed E-state index contributed by atoms with van der Waals surface area (Å²) in [5.41, 5.74) is 5.41. The van der Waals surface area contributed by atoms with Crippen LogP contribution in [-0.2, 0) is 11.2 Å². The highest BCUT2D eigenvalue weighted by Gasteiger charge is 2.34. The fraction of sp³-hybridized carbons (Fsp3) is 0.484. The van der Waals surface area contributed by atoms with Gasteiger partial charge in [0, 0.05) is 42.8 Å². The van der Waals surface area contributed by atoms with Gasteiger partial charge in [-0.3, -0.25) is 19.2 Å². The lowest BCUT2D eigenvalue weighted by molar-refractivity contribution is -0.121. The molecule has 4 amide bonds. The van der Waals surface area contributed by atoms with Gasteiger partial charge in [0.05, 0.1) is 12.1 Å². The summed E-state index contributed by atoms with van der Waals surface area (Å²) in [5, 5.41) is 27.6. The zero-order valence-corrected chi connectivity index (χ0v) is 26.3. The van der Waals surface area contributed by atoms with E-state index in [-0.39, 0.29) is 35.1 Å². The number of primary amides is 1. The topological polar surface area (TPSA) is 162 Å². The first-order valence-corrected chi connectivity index (χ1v) is 15.8. The Morgan fingerprint density at radius 1 is 0.864 bits per heavy atom. The van der Waals surface area contributed by atoms with Crippen molar-refractivity contribution in [3.8, 4) is 0 Å². The Morgan fingerprint density at radius 3 is 1.93 bits per heavy atom. The van der Waals surface area contributed by atoms with Crippen LogP contribution >= 0.6 is 11.8 Å². The lowest BCUT2D eigenvalue weighted by Crippen LogP contribution is -2.56. The van der Waals surface area contributed by atoms with Crippen molar-refractivity contribution in [2.45, 2.75) is 70.7 Å². The molecule has 0 heterocycles. The minimum absolute atomic E-state index is 0.0560. The molecule has 242 valence electrons. The molecule has 2 rings (SSSR count). The van der Waals surface area contributed by atoms with Crippen LogP contribution in [0, 0.1) is 11.6 Å². The molecule has 10 nitrogen and oxygen atoms in total. The van der Waals surface area contributed by atoms with Crippen LogP contribution in [0.1, 0.15) is 76.7 Å². The van der Waals surface area contributed by atoms with Gasteiger partial charge in [0.25, 0.3) is 11.8 Å². The minimum atomic E-state index is -1.71. The number of nitrogens with zero attached hydrogens (tertiary/aromatic N) is 1. The maximum absolute atomic E-state index is 14.0. The van der Waals surface area contributed by atoms with E-state index < -0.39 is 59.6 Å². The van der Waals surface area contributed by atoms with Crippen LogP contribution in [0.4, 0.5) is 8.78 Å². The van der Waals surface area contributed by atoms with E-state index in [0.29, 0.717) is 37.8 Å². The van der Waals surface area contributed by atoms with Gasteiger partial charge < -0.3 is 31.5 Å². The molecule has 4 atom stereocenters. The van der Waals surface area contributed by atoms with E-state index in [9.17, 15) is 38.2 Å². The average molecular weight is 637 g/mol. The number of amides is 4. The highest BCUT2D eigenvalue weighted by atomic mass is 32.2. The number of aliphatic hydroxyl groups excluding tert-OH is 2. The van der Waals surface area contributed by atoms with Crippen molar-refractivity contribution in [3.63, 3.8) is 0 Å². The van der Waals surface area contributed by atoms with Crippen molar-refractivity contribution >= 4 is 35.4 Å². The molecule has 0 aromatic heterocycles. The largest absolute Gasteiger partial charge is 0.388 e. The molecule has 2 aromatic carbocycles. The number of carbonyl (C=O) groups excluding carboxylic acids is 4. The summed E-state index contributed by atoms with van der Waals surface area (Å²) in [7, 11) is 0. The predicted octanol–water partition coefficient (Wildman–Crippen LogP) is 2.65. The number of carbonyl (C=O) groups is 4. The third-order valence-corrected chi connectivity index (χ3v) is 7.54. The van der Waals surface area contributed by atoms with E-state index in [1.165, 1.54) is 36.9 Å². The normalized spacial score (nSPS) is 13.8. The van der Waals surface area contributed by atoms with Crippen LogP contribution in [0.2, 0.25) is 0 Å². The molecule has 2 aromatic rings. The van der Waals surface area contributed by atoms with Gasteiger partial charge in [-0.05, 0) is 73.6 Å². The van der Waals surface area contributed by atoms with E-state index in [0.717, 1.165) is 12.1 Å². The summed E-state index contributed by atoms with van der Waals surface area (Å²) in [6, 6.07) is 4.30. The summed E-state index contributed by atoms with van der Waals surface area (Å²) < 4.78 is 28.0. The van der Waals surface area contributed by atoms with Crippen molar-refractivity contribution < 1.29 is 38.2 Å². The molecule has 4 unspecified atom stereocenters. The minimum Gasteiger partial charge on any atom is -0.388 e. The van der Waals surface area contributed by atoms with E-state index >= 15 is 0 Å². The highest BCUT2D eigenvalue weighted by molar-refractivity contribution is 7.98. The number of rotatable bonds is 17. The maximum Gasteiger partial charge on any atom is 0.253 e. The molecule has 44 heavy (non-hydrogen) atoms. The van der Waals surface area contributed by atoms with Crippen LogP contribution in [0.3, 0.4) is 0 Å². The molecular weight excluding hydrogens is 594 g/mol. The lowest BCUT2D eigenvalue weighted by atomic mass is 9.92. The maximum atomic E-state index is 14.0. The van der Waals surface area contributed by atoms with Crippen LogP contribution in [0.5, 0.6) is 0 Å². The van der Waals surface area contributed by atoms with Gasteiger partial charge in [-0.1, -0.05) is 13.8 Å². The number of hydrogen-bond acceptors (Lipinski definition) is 7. The van der Waals surface area contributed by atoms with Crippen LogP contribution in [0.15, 0.2) is 36.4 Å². The summed E-state index contributed by atoms with van der Waals surface area (Å²) in [5.74, 6) is -3.79. The summed E-state index contributed by atoms with van der Waals surface area (Å²) >= 11 is 1.46. The Balaban J connectivity index is 2.52. The summed E-state index contributed by atoms with van der Waals surface area (Å²) in [6.45, 7) is 5.99. The zero-order chi connectivity index (χ0) is 33.0. The number of nitrogens with two attached hydrogens (primary N) is 1. The van der Waals surface area contributed by atoms with Gasteiger partial charge in [-0.15, -0.1) is 0 Å². The van der Waals surface area contributed by atoms with Crippen molar-refractivity contribution in [1.29, 1.82) is 0 Å². The van der Waals surface area contributed by atoms with Crippen LogP contribution in [0.25, 0.3) is 0 Å². The summed E-state index contributed by atoms with van der Waals surface area (Å²) in [6.07, 6.45) is -0.115. The Bertz CT molecular complexity index is 1290. The first-order chi connectivity index (χ1) is 20.8. The number of hydrogen-bond donors (Lipinski definition) is 5. The molecule has 0 saturated heterocycles. The fourth-order valence-electron chi connectivity index (χ4n) is 4.86. The summed E-state index contributed by atoms with van der Waals surface area (Å²) in [4.78, 5) is 52.4. The molecule has 0 bridgehead atoms. The van der Waals surface area contributed by atoms with Gasteiger partial charge >= 0.3 is 0 Å². The molecule has 6 N–H and O–H groups in total. The van der Waals surface area contributed by atoms with E-state index in [2.05, 4.69) is 10.6 Å². The Morgan fingerprint density at radius 2 is 1.41 bits per heavy atom. The molecule has 0 saturated carbocycles. The van der Waals surface area contributed by atoms with Crippen molar-refractivity contribution in [1.82, 2.24) is 15.5 Å². The first-order valence-electron chi connectivity index (χ1n) is 14.4.